The van der Waals surface area contributed by atoms with Gasteiger partial charge in [0.15, 0.2) is 0 Å². The lowest BCUT2D eigenvalue weighted by Gasteiger charge is -2.18. The van der Waals surface area contributed by atoms with Crippen molar-refractivity contribution >= 4 is 10.0 Å². The van der Waals surface area contributed by atoms with Gasteiger partial charge in [0.05, 0.1) is 25.6 Å². The van der Waals surface area contributed by atoms with Gasteiger partial charge in [-0.2, -0.15) is 13.9 Å². The summed E-state index contributed by atoms with van der Waals surface area (Å²) in [5.74, 6) is 1.00. The van der Waals surface area contributed by atoms with Gasteiger partial charge >= 0.3 is 6.55 Å². The van der Waals surface area contributed by atoms with Crippen molar-refractivity contribution in [2.75, 3.05) is 14.2 Å². The highest BCUT2D eigenvalue weighted by atomic mass is 32.2. The van der Waals surface area contributed by atoms with Crippen LogP contribution in [0.2, 0.25) is 0 Å². The van der Waals surface area contributed by atoms with E-state index in [9.17, 15) is 17.2 Å². The van der Waals surface area contributed by atoms with Crippen molar-refractivity contribution in [2.24, 2.45) is 0 Å². The number of sulfonamides is 1. The molecule has 0 saturated carbocycles. The smallest absolute Gasteiger partial charge is 0.333 e. The SMILES string of the molecule is COc1ccc(OC)c([C@@H](C)NS(=O)(=O)c2c(C)nn(C(F)F)c2C)c1. The van der Waals surface area contributed by atoms with Crippen molar-refractivity contribution in [3.05, 3.63) is 35.2 Å². The average Bonchev–Trinajstić information content (AvgIpc) is 2.89. The summed E-state index contributed by atoms with van der Waals surface area (Å²) in [5, 5.41) is 3.62. The molecular formula is C16H21F2N3O4S. The fraction of sp³-hybridized carbons (Fsp3) is 0.438. The van der Waals surface area contributed by atoms with Gasteiger partial charge in [-0.05, 0) is 39.0 Å². The fourth-order valence-electron chi connectivity index (χ4n) is 2.76. The Morgan fingerprint density at radius 1 is 1.19 bits per heavy atom. The number of nitrogens with one attached hydrogen (secondary N) is 1. The van der Waals surface area contributed by atoms with Crippen molar-refractivity contribution in [1.82, 2.24) is 14.5 Å². The lowest BCUT2D eigenvalue weighted by molar-refractivity contribution is 0.0538. The first kappa shape index (κ1) is 20.1. The third-order valence-corrected chi connectivity index (χ3v) is 5.74. The molecule has 0 bridgehead atoms. The van der Waals surface area contributed by atoms with E-state index in [2.05, 4.69) is 9.82 Å². The van der Waals surface area contributed by atoms with Crippen LogP contribution in [0.3, 0.4) is 0 Å². The normalized spacial score (nSPS) is 13.1. The molecule has 1 aromatic heterocycles. The lowest BCUT2D eigenvalue weighted by Crippen LogP contribution is -2.28. The number of benzene rings is 1. The van der Waals surface area contributed by atoms with Crippen LogP contribution in [0.5, 0.6) is 11.5 Å². The molecule has 7 nitrogen and oxygen atoms in total. The van der Waals surface area contributed by atoms with Gasteiger partial charge in [-0.3, -0.25) is 0 Å². The van der Waals surface area contributed by atoms with E-state index in [0.717, 1.165) is 0 Å². The molecule has 1 heterocycles. The molecule has 1 N–H and O–H groups in total. The number of aromatic nitrogens is 2. The highest BCUT2D eigenvalue weighted by Gasteiger charge is 2.29. The molecule has 0 unspecified atom stereocenters. The van der Waals surface area contributed by atoms with E-state index in [-0.39, 0.29) is 16.3 Å². The number of hydrogen-bond donors (Lipinski definition) is 1. The molecule has 1 atom stereocenters. The third-order valence-electron chi connectivity index (χ3n) is 3.95. The van der Waals surface area contributed by atoms with Crippen molar-refractivity contribution in [1.29, 1.82) is 0 Å². The molecular weight excluding hydrogens is 368 g/mol. The van der Waals surface area contributed by atoms with Crippen molar-refractivity contribution in [3.8, 4) is 11.5 Å². The predicted octanol–water partition coefficient (Wildman–Crippen LogP) is 2.95. The summed E-state index contributed by atoms with van der Waals surface area (Å²) >= 11 is 0. The third kappa shape index (κ3) is 3.80. The van der Waals surface area contributed by atoms with Gasteiger partial charge in [-0.1, -0.05) is 0 Å². The van der Waals surface area contributed by atoms with Crippen molar-refractivity contribution < 1.29 is 26.7 Å². The monoisotopic (exact) mass is 389 g/mol. The topological polar surface area (TPSA) is 82.4 Å². The Bertz CT molecular complexity index is 897. The minimum atomic E-state index is -4.09. The molecule has 26 heavy (non-hydrogen) atoms. The Hall–Kier alpha value is -2.20. The van der Waals surface area contributed by atoms with E-state index in [4.69, 9.17) is 9.47 Å². The molecule has 1 aromatic carbocycles. The minimum absolute atomic E-state index is 0.0000993. The largest absolute Gasteiger partial charge is 0.497 e. The maximum atomic E-state index is 13.0. The lowest BCUT2D eigenvalue weighted by atomic mass is 10.1. The van der Waals surface area contributed by atoms with Crippen molar-refractivity contribution in [2.45, 2.75) is 38.3 Å². The minimum Gasteiger partial charge on any atom is -0.497 e. The maximum Gasteiger partial charge on any atom is 0.333 e. The van der Waals surface area contributed by atoms with Crippen molar-refractivity contribution in [3.63, 3.8) is 0 Å². The first-order chi connectivity index (χ1) is 12.1. The van der Waals surface area contributed by atoms with Crippen LogP contribution in [-0.2, 0) is 10.0 Å². The summed E-state index contributed by atoms with van der Waals surface area (Å²) in [6, 6.07) is 4.29. The summed E-state index contributed by atoms with van der Waals surface area (Å²) in [6.45, 7) is 1.36. The van der Waals surface area contributed by atoms with Gasteiger partial charge in [0.2, 0.25) is 10.0 Å². The van der Waals surface area contributed by atoms with Gasteiger partial charge in [0.25, 0.3) is 0 Å². The second-order valence-electron chi connectivity index (χ2n) is 5.67. The number of halogens is 2. The zero-order valence-corrected chi connectivity index (χ0v) is 15.9. The fourth-order valence-corrected chi connectivity index (χ4v) is 4.38. The summed E-state index contributed by atoms with van der Waals surface area (Å²) in [4.78, 5) is -0.258. The van der Waals surface area contributed by atoms with E-state index in [1.165, 1.54) is 28.1 Å². The molecule has 0 aliphatic carbocycles. The Kier molecular flexibility index (Phi) is 5.87. The number of methoxy groups -OCH3 is 2. The molecule has 0 radical (unpaired) electrons. The van der Waals surface area contributed by atoms with Crippen LogP contribution in [-0.4, -0.2) is 32.4 Å². The highest BCUT2D eigenvalue weighted by molar-refractivity contribution is 7.89. The Morgan fingerprint density at radius 2 is 1.85 bits per heavy atom. The standard InChI is InChI=1S/C16H21F2N3O4S/c1-9(13-8-12(24-4)6-7-14(13)25-5)20-26(22,23)15-10(2)19-21(11(15)3)16(17)18/h6-9,16,20H,1-5H3/t9-/m1/s1. The molecule has 0 aliphatic rings. The Balaban J connectivity index is 2.42. The van der Waals surface area contributed by atoms with Gasteiger partial charge in [0, 0.05) is 11.6 Å². The number of rotatable bonds is 7. The second kappa shape index (κ2) is 7.58. The van der Waals surface area contributed by atoms with Crippen LogP contribution in [0, 0.1) is 13.8 Å². The first-order valence-electron chi connectivity index (χ1n) is 7.70. The number of aryl methyl sites for hydroxylation is 1. The zero-order valence-electron chi connectivity index (χ0n) is 15.1. The first-order valence-corrected chi connectivity index (χ1v) is 9.18. The molecule has 0 saturated heterocycles. The average molecular weight is 389 g/mol. The quantitative estimate of drug-likeness (QED) is 0.787. The summed E-state index contributed by atoms with van der Waals surface area (Å²) in [7, 11) is -1.13. The van der Waals surface area contributed by atoms with E-state index < -0.39 is 22.6 Å². The van der Waals surface area contributed by atoms with Gasteiger partial charge < -0.3 is 9.47 Å². The molecule has 2 rings (SSSR count). The molecule has 0 spiro atoms. The van der Waals surface area contributed by atoms with E-state index in [1.807, 2.05) is 0 Å². The number of hydrogen-bond acceptors (Lipinski definition) is 5. The summed E-state index contributed by atoms with van der Waals surface area (Å²) in [6.07, 6.45) is 0. The summed E-state index contributed by atoms with van der Waals surface area (Å²) < 4.78 is 64.8. The molecule has 10 heteroatoms. The van der Waals surface area contributed by atoms with Gasteiger partial charge in [0.1, 0.15) is 16.4 Å². The Labute approximate surface area is 151 Å². The number of nitrogens with zero attached hydrogens (tertiary/aromatic N) is 2. The van der Waals surface area contributed by atoms with Crippen LogP contribution >= 0.6 is 0 Å². The van der Waals surface area contributed by atoms with E-state index in [0.29, 0.717) is 21.7 Å². The molecule has 0 aliphatic heterocycles. The highest BCUT2D eigenvalue weighted by Crippen LogP contribution is 2.31. The van der Waals surface area contributed by atoms with Crippen LogP contribution in [0.4, 0.5) is 8.78 Å². The van der Waals surface area contributed by atoms with E-state index in [1.54, 1.807) is 25.1 Å². The van der Waals surface area contributed by atoms with Crippen LogP contribution in [0.15, 0.2) is 23.1 Å². The predicted molar refractivity (Wildman–Crippen MR) is 91.2 cm³/mol. The molecule has 0 amide bonds. The number of ether oxygens (including phenoxy) is 2. The van der Waals surface area contributed by atoms with Crippen LogP contribution in [0.1, 0.15) is 36.5 Å². The van der Waals surface area contributed by atoms with Crippen LogP contribution in [0.25, 0.3) is 0 Å². The van der Waals surface area contributed by atoms with Crippen LogP contribution < -0.4 is 14.2 Å². The summed E-state index contributed by atoms with van der Waals surface area (Å²) in [5.41, 5.74) is 0.418. The van der Waals surface area contributed by atoms with Gasteiger partial charge in [-0.25, -0.2) is 17.8 Å². The van der Waals surface area contributed by atoms with Gasteiger partial charge in [-0.15, -0.1) is 0 Å². The van der Waals surface area contributed by atoms with E-state index >= 15 is 0 Å². The molecule has 0 fully saturated rings. The Morgan fingerprint density at radius 3 is 2.35 bits per heavy atom. The zero-order chi connectivity index (χ0) is 19.6. The number of alkyl halides is 2. The second-order valence-corrected chi connectivity index (χ2v) is 7.32. The molecule has 144 valence electrons. The molecule has 2 aromatic rings. The maximum absolute atomic E-state index is 13.0.